The van der Waals surface area contributed by atoms with Crippen molar-refractivity contribution >= 4 is 27.5 Å². The number of nitrogens with zero attached hydrogens (tertiary/aromatic N) is 3. The molecule has 0 bridgehead atoms. The number of carbonyl (C=O) groups is 1. The van der Waals surface area contributed by atoms with Crippen molar-refractivity contribution in [3.8, 4) is 11.8 Å². The number of nitriles is 1. The van der Waals surface area contributed by atoms with Gasteiger partial charge in [-0.15, -0.1) is 11.3 Å². The third-order valence-electron chi connectivity index (χ3n) is 7.31. The lowest BCUT2D eigenvalue weighted by Crippen LogP contribution is -2.46. The van der Waals surface area contributed by atoms with Crippen molar-refractivity contribution in [1.29, 1.82) is 5.26 Å². The van der Waals surface area contributed by atoms with E-state index in [1.807, 2.05) is 12.3 Å². The van der Waals surface area contributed by atoms with E-state index in [9.17, 15) is 10.1 Å². The molecule has 1 saturated carbocycles. The van der Waals surface area contributed by atoms with Crippen molar-refractivity contribution in [3.05, 3.63) is 22.7 Å². The molecule has 0 radical (unpaired) electrons. The fraction of sp³-hybridized carbons (Fsp3) is 0.625. The normalized spacial score (nSPS) is 27.0. The molecule has 8 heteroatoms. The van der Waals surface area contributed by atoms with Crippen molar-refractivity contribution in [3.63, 3.8) is 0 Å². The molecule has 3 aliphatic rings. The quantitative estimate of drug-likeness (QED) is 0.718. The van der Waals surface area contributed by atoms with Crippen LogP contribution >= 0.6 is 11.3 Å². The minimum absolute atomic E-state index is 0.152. The van der Waals surface area contributed by atoms with Crippen molar-refractivity contribution in [2.45, 2.75) is 63.0 Å². The van der Waals surface area contributed by atoms with E-state index in [2.05, 4.69) is 16.0 Å². The minimum atomic E-state index is -0.752. The molecule has 1 saturated heterocycles. The standard InChI is InChI=1S/C24H30N4O3S/c25-14-16(23(26)29)13-15-1-6-20-21(15)22-19(7-8-27-24(22)32-20)31-18-4-2-17(3-5-18)28-9-11-30-12-10-28/h7-8,15-18H,1-6,9-13H2,(H2,26,29)/t15-,16?,17-,18-/m1/s1. The van der Waals surface area contributed by atoms with Crippen LogP contribution in [0.3, 0.4) is 0 Å². The van der Waals surface area contributed by atoms with Crippen LogP contribution in [0.15, 0.2) is 12.3 Å². The number of aryl methyl sites for hydroxylation is 1. The fourth-order valence-electron chi connectivity index (χ4n) is 5.63. The first-order chi connectivity index (χ1) is 15.6. The number of rotatable bonds is 6. The maximum atomic E-state index is 11.7. The van der Waals surface area contributed by atoms with Crippen LogP contribution in [0.25, 0.3) is 10.2 Å². The smallest absolute Gasteiger partial charge is 0.234 e. The van der Waals surface area contributed by atoms with Crippen molar-refractivity contribution in [2.75, 3.05) is 26.3 Å². The van der Waals surface area contributed by atoms with Gasteiger partial charge in [0.25, 0.3) is 0 Å². The van der Waals surface area contributed by atoms with E-state index in [1.165, 1.54) is 10.4 Å². The SMILES string of the molecule is N#CC(C[C@H]1CCc2sc3nccc(O[C@H]4CC[C@H](N5CCOCC5)CC4)c3c21)C(N)=O. The topological polar surface area (TPSA) is 101 Å². The molecule has 0 spiro atoms. The van der Waals surface area contributed by atoms with Gasteiger partial charge in [0.1, 0.15) is 16.5 Å². The Bertz CT molecular complexity index is 1020. The fourth-order valence-corrected chi connectivity index (χ4v) is 6.89. The molecule has 170 valence electrons. The average Bonchev–Trinajstić information content (AvgIpc) is 3.38. The Morgan fingerprint density at radius 3 is 2.81 bits per heavy atom. The van der Waals surface area contributed by atoms with Gasteiger partial charge in [-0.25, -0.2) is 4.98 Å². The van der Waals surface area contributed by atoms with Crippen LogP contribution in [0.2, 0.25) is 0 Å². The van der Waals surface area contributed by atoms with E-state index in [4.69, 9.17) is 15.2 Å². The predicted octanol–water partition coefficient (Wildman–Crippen LogP) is 3.36. The number of aromatic nitrogens is 1. The van der Waals surface area contributed by atoms with Crippen LogP contribution in [0.1, 0.15) is 54.9 Å². The number of pyridine rings is 1. The number of hydrogen-bond donors (Lipinski definition) is 1. The molecule has 2 N–H and O–H groups in total. The van der Waals surface area contributed by atoms with Gasteiger partial charge < -0.3 is 15.2 Å². The molecule has 2 aromatic heterocycles. The van der Waals surface area contributed by atoms with Crippen LogP contribution in [0.5, 0.6) is 5.75 Å². The number of fused-ring (bicyclic) bond motifs is 3. The first-order valence-electron chi connectivity index (χ1n) is 11.7. The number of hydrogen-bond acceptors (Lipinski definition) is 7. The summed E-state index contributed by atoms with van der Waals surface area (Å²) in [6.45, 7) is 3.77. The second-order valence-corrected chi connectivity index (χ2v) is 10.3. The highest BCUT2D eigenvalue weighted by Gasteiger charge is 2.34. The summed E-state index contributed by atoms with van der Waals surface area (Å²) in [5.74, 6) is -0.231. The Morgan fingerprint density at radius 2 is 2.09 bits per heavy atom. The first kappa shape index (κ1) is 21.6. The predicted molar refractivity (Wildman–Crippen MR) is 123 cm³/mol. The zero-order valence-electron chi connectivity index (χ0n) is 18.3. The van der Waals surface area contributed by atoms with Crippen LogP contribution in [-0.4, -0.2) is 54.2 Å². The number of amides is 1. The van der Waals surface area contributed by atoms with Crippen molar-refractivity contribution in [1.82, 2.24) is 9.88 Å². The number of ether oxygens (including phenoxy) is 2. The maximum Gasteiger partial charge on any atom is 0.234 e. The average molecular weight is 455 g/mol. The van der Waals surface area contributed by atoms with Crippen LogP contribution in [-0.2, 0) is 16.0 Å². The number of thiophene rings is 1. The van der Waals surface area contributed by atoms with E-state index in [0.717, 1.165) is 80.8 Å². The highest BCUT2D eigenvalue weighted by atomic mass is 32.1. The number of morpholine rings is 1. The van der Waals surface area contributed by atoms with Gasteiger partial charge in [-0.2, -0.15) is 5.26 Å². The largest absolute Gasteiger partial charge is 0.490 e. The minimum Gasteiger partial charge on any atom is -0.490 e. The lowest BCUT2D eigenvalue weighted by atomic mass is 9.89. The van der Waals surface area contributed by atoms with Gasteiger partial charge in [0.15, 0.2) is 0 Å². The summed E-state index contributed by atoms with van der Waals surface area (Å²) in [6.07, 6.45) is 8.86. The molecule has 2 aliphatic carbocycles. The van der Waals surface area contributed by atoms with Crippen LogP contribution in [0, 0.1) is 17.2 Å². The molecule has 5 rings (SSSR count). The Hall–Kier alpha value is -2.21. The van der Waals surface area contributed by atoms with Gasteiger partial charge in [-0.1, -0.05) is 0 Å². The molecule has 1 unspecified atom stereocenters. The van der Waals surface area contributed by atoms with Gasteiger partial charge in [-0.3, -0.25) is 9.69 Å². The van der Waals surface area contributed by atoms with E-state index < -0.39 is 11.8 Å². The van der Waals surface area contributed by atoms with Gasteiger partial charge in [0.2, 0.25) is 5.91 Å². The molecule has 1 amide bonds. The highest BCUT2D eigenvalue weighted by molar-refractivity contribution is 7.19. The van der Waals surface area contributed by atoms with Gasteiger partial charge >= 0.3 is 0 Å². The van der Waals surface area contributed by atoms with Crippen LogP contribution < -0.4 is 10.5 Å². The molecule has 2 atom stereocenters. The Kier molecular flexibility index (Phi) is 6.31. The van der Waals surface area contributed by atoms with Gasteiger partial charge in [0.05, 0.1) is 30.8 Å². The summed E-state index contributed by atoms with van der Waals surface area (Å²) in [6, 6.07) is 4.70. The molecule has 1 aliphatic heterocycles. The Labute approximate surface area is 192 Å². The Morgan fingerprint density at radius 1 is 1.31 bits per heavy atom. The third-order valence-corrected chi connectivity index (χ3v) is 8.49. The van der Waals surface area contributed by atoms with Crippen LogP contribution in [0.4, 0.5) is 0 Å². The van der Waals surface area contributed by atoms with Crippen molar-refractivity contribution < 1.29 is 14.3 Å². The third kappa shape index (κ3) is 4.21. The highest BCUT2D eigenvalue weighted by Crippen LogP contribution is 2.48. The summed E-state index contributed by atoms with van der Waals surface area (Å²) in [7, 11) is 0. The summed E-state index contributed by atoms with van der Waals surface area (Å²) < 4.78 is 12.1. The lowest BCUT2D eigenvalue weighted by molar-refractivity contribution is -0.120. The lowest BCUT2D eigenvalue weighted by Gasteiger charge is -2.38. The molecule has 2 aromatic rings. The molecule has 32 heavy (non-hydrogen) atoms. The molecular weight excluding hydrogens is 424 g/mol. The number of carbonyl (C=O) groups excluding carboxylic acids is 1. The number of primary amides is 1. The van der Waals surface area contributed by atoms with E-state index in [-0.39, 0.29) is 12.0 Å². The van der Waals surface area contributed by atoms with E-state index in [1.54, 1.807) is 11.3 Å². The molecular formula is C24H30N4O3S. The zero-order valence-corrected chi connectivity index (χ0v) is 19.1. The number of nitrogens with two attached hydrogens (primary N) is 1. The summed E-state index contributed by atoms with van der Waals surface area (Å²) in [5, 5.41) is 10.4. The molecule has 3 heterocycles. The zero-order chi connectivity index (χ0) is 22.1. The summed E-state index contributed by atoms with van der Waals surface area (Å²) >= 11 is 1.72. The first-order valence-corrected chi connectivity index (χ1v) is 12.5. The van der Waals surface area contributed by atoms with E-state index in [0.29, 0.717) is 12.5 Å². The monoisotopic (exact) mass is 454 g/mol. The van der Waals surface area contributed by atoms with Gasteiger partial charge in [-0.05, 0) is 62.5 Å². The Balaban J connectivity index is 1.32. The molecule has 7 nitrogen and oxygen atoms in total. The summed E-state index contributed by atoms with van der Waals surface area (Å²) in [5.41, 5.74) is 6.68. The van der Waals surface area contributed by atoms with Gasteiger partial charge in [0, 0.05) is 30.2 Å². The summed E-state index contributed by atoms with van der Waals surface area (Å²) in [4.78, 5) is 21.1. The second kappa shape index (κ2) is 9.34. The van der Waals surface area contributed by atoms with Crippen molar-refractivity contribution in [2.24, 2.45) is 11.7 Å². The second-order valence-electron chi connectivity index (χ2n) is 9.18. The van der Waals surface area contributed by atoms with E-state index >= 15 is 0 Å². The molecule has 0 aromatic carbocycles. The maximum absolute atomic E-state index is 11.7. The molecule has 2 fully saturated rings.